The van der Waals surface area contributed by atoms with Crippen molar-refractivity contribution < 1.29 is 150 Å². The van der Waals surface area contributed by atoms with Crippen molar-refractivity contribution in [2.75, 3.05) is 21.3 Å². The first kappa shape index (κ1) is 98.9. The number of rotatable bonds is 23. The van der Waals surface area contributed by atoms with Crippen molar-refractivity contribution >= 4 is 29.1 Å². The highest BCUT2D eigenvalue weighted by Crippen LogP contribution is 2.49. The maximum atomic E-state index is 14.7. The van der Waals surface area contributed by atoms with E-state index in [9.17, 15) is 116 Å². The van der Waals surface area contributed by atoms with Crippen molar-refractivity contribution in [2.45, 2.75) is 167 Å². The summed E-state index contributed by atoms with van der Waals surface area (Å²) in [5, 5.41) is 30.3. The minimum Gasteiger partial charge on any atom is -0.496 e. The van der Waals surface area contributed by atoms with Gasteiger partial charge in [0.15, 0.2) is 18.3 Å². The van der Waals surface area contributed by atoms with E-state index in [0.29, 0.717) is 117 Å². The van der Waals surface area contributed by atoms with Crippen molar-refractivity contribution in [1.82, 2.24) is 0 Å². The highest BCUT2D eigenvalue weighted by Gasteiger charge is 2.43. The molecule has 0 saturated carbocycles. The molecule has 0 spiro atoms. The summed E-state index contributed by atoms with van der Waals surface area (Å²) in [6.45, 7) is 9.44. The van der Waals surface area contributed by atoms with Gasteiger partial charge in [0.05, 0.1) is 77.4 Å². The largest absolute Gasteiger partial charge is 0.496 e. The zero-order valence-corrected chi connectivity index (χ0v) is 70.8. The van der Waals surface area contributed by atoms with Crippen molar-refractivity contribution in [3.05, 3.63) is 287 Å². The molecule has 0 fully saturated rings. The Morgan fingerprint density at radius 3 is 1.25 bits per heavy atom. The molecule has 4 atom stereocenters. The number of carboxylic acids is 2. The van der Waals surface area contributed by atoms with Crippen LogP contribution in [0.5, 0.6) is 17.2 Å². The molecule has 696 valence electrons. The fourth-order valence-electron chi connectivity index (χ4n) is 15.2. The molecule has 2 N–H and O–H groups in total. The molecule has 10 aromatic carbocycles. The van der Waals surface area contributed by atoms with Crippen LogP contribution in [0, 0.1) is 25.6 Å². The zero-order valence-electron chi connectivity index (χ0n) is 70.8. The van der Waals surface area contributed by atoms with E-state index in [1.54, 1.807) is 83.1 Å². The van der Waals surface area contributed by atoms with E-state index in [1.807, 2.05) is 0 Å². The molecule has 3 aliphatic rings. The van der Waals surface area contributed by atoms with Gasteiger partial charge in [0.2, 0.25) is 0 Å². The van der Waals surface area contributed by atoms with E-state index in [0.717, 1.165) is 72.3 Å². The Kier molecular flexibility index (Phi) is 29.0. The Labute approximate surface area is 734 Å². The van der Waals surface area contributed by atoms with Gasteiger partial charge in [-0.2, -0.15) is 79.0 Å². The predicted octanol–water partition coefficient (Wildman–Crippen LogP) is 28.1. The summed E-state index contributed by atoms with van der Waals surface area (Å²) in [7, 11) is 4.09. The summed E-state index contributed by atoms with van der Waals surface area (Å²) in [5.74, 6) is -9.83. The number of carboxylic acid groups (broad SMARTS) is 2. The van der Waals surface area contributed by atoms with Crippen molar-refractivity contribution in [3.8, 4) is 61.8 Å². The van der Waals surface area contributed by atoms with Crippen LogP contribution < -0.4 is 14.2 Å². The lowest BCUT2D eigenvalue weighted by molar-refractivity contribution is -0.138. The Balaban J connectivity index is 0.000000190. The monoisotopic (exact) mass is 1860 g/mol. The number of hydrogen-bond donors (Lipinski definition) is 2. The van der Waals surface area contributed by atoms with E-state index >= 15 is 0 Å². The number of nitrogens with zero attached hydrogens (tertiary/aromatic N) is 3. The average Bonchev–Trinajstić information content (AvgIpc) is 1.62. The minimum absolute atomic E-state index is 0.0748. The van der Waals surface area contributed by atoms with Crippen LogP contribution in [0.1, 0.15) is 189 Å². The molecular formula is C95H80F23N3O10. The molecule has 0 aromatic heterocycles. The zero-order chi connectivity index (χ0) is 96.5. The molecule has 10 aromatic rings. The maximum Gasteiger partial charge on any atom is 0.416 e. The third kappa shape index (κ3) is 23.9. The molecule has 0 aliphatic carbocycles. The van der Waals surface area contributed by atoms with Crippen molar-refractivity contribution in [2.24, 2.45) is 21.4 Å². The lowest BCUT2D eigenvalue weighted by Gasteiger charge is -2.20. The van der Waals surface area contributed by atoms with Gasteiger partial charge in [0.1, 0.15) is 23.1 Å². The number of aromatic carboxylic acids is 1. The molecule has 0 unspecified atom stereocenters. The summed E-state index contributed by atoms with van der Waals surface area (Å²) in [5.41, 5.74) is -1.11. The number of aryl methyl sites for hydroxylation is 3. The molecule has 0 bridgehead atoms. The highest BCUT2D eigenvalue weighted by molar-refractivity contribution is 5.94. The molecule has 131 heavy (non-hydrogen) atoms. The Bertz CT molecular complexity index is 5970. The third-order valence-electron chi connectivity index (χ3n) is 21.9. The van der Waals surface area contributed by atoms with E-state index < -0.39 is 135 Å². The van der Waals surface area contributed by atoms with Crippen molar-refractivity contribution in [1.29, 1.82) is 0 Å². The molecule has 0 radical (unpaired) electrons. The number of carbonyl (C=O) groups is 2. The Morgan fingerprint density at radius 2 is 0.832 bits per heavy atom. The third-order valence-corrected chi connectivity index (χ3v) is 21.9. The molecule has 3 heterocycles. The smallest absolute Gasteiger partial charge is 0.416 e. The van der Waals surface area contributed by atoms with Gasteiger partial charge in [0, 0.05) is 92.2 Å². The van der Waals surface area contributed by atoms with Crippen LogP contribution >= 0.6 is 0 Å². The van der Waals surface area contributed by atoms with Gasteiger partial charge in [-0.15, -0.1) is 0 Å². The van der Waals surface area contributed by atoms with E-state index in [4.69, 9.17) is 33.8 Å². The quantitative estimate of drug-likeness (QED) is 0.0588. The minimum atomic E-state index is -4.91. The van der Waals surface area contributed by atoms with Crippen LogP contribution in [0.15, 0.2) is 191 Å². The van der Waals surface area contributed by atoms with Gasteiger partial charge >= 0.3 is 49.0 Å². The highest BCUT2D eigenvalue weighted by atomic mass is 19.4. The van der Waals surface area contributed by atoms with Gasteiger partial charge in [-0.3, -0.25) is 4.79 Å². The topological polar surface area (TPSA) is 167 Å². The first-order chi connectivity index (χ1) is 60.9. The number of aliphatic carboxylic acids is 1. The summed E-state index contributed by atoms with van der Waals surface area (Å²) in [4.78, 5) is 38.7. The summed E-state index contributed by atoms with van der Waals surface area (Å²) >= 11 is 0. The van der Waals surface area contributed by atoms with Gasteiger partial charge in [-0.25, -0.2) is 26.7 Å². The first-order valence-electron chi connectivity index (χ1n) is 39.9. The standard InChI is InChI=1S/C35H29F6NO4.C30H26F9NO2.C30H25F8NO4/c1-18-11-24(15-26(12-18)35(39,40)41)32-20(3)30(42-46-32)17-23-14-25(34(36,37)38)7-9-28(23)29-16-21(6-10-31(29)45-4)27-8-5-22(33(43)44)13-19(27)2;1-15(2)23-13-24(27(41-4)14-25(23)31)22-6-5-18(29(34,35)36)7-16(22)10-21-12-26(42-40-21)17-8-19(28(3,32)33)11-20(9-17)30(37,38)39;1-28(31,32)20-11-18(12-21(14-20)30(36,37)38)26-15-22(39-43-26)13-17-10-19(29(33,34)35)5-6-23(17)24-9-16(4-8-27(40)41)3-7-25(24)42-2/h5-16,20,32H,17H2,1-4H3,(H,43,44);5-9,11,13-15,26H,10,12H2,1-4H3;3,5-7,9-12,14,26H,4,8,13,15H2,1-2H3,(H,40,41)/t20-,32+;2*26-/m100/s1. The molecule has 0 saturated heterocycles. The number of ether oxygens (including phenoxy) is 3. The average molecular weight is 1860 g/mol. The first-order valence-corrected chi connectivity index (χ1v) is 39.9. The van der Waals surface area contributed by atoms with Crippen LogP contribution in [-0.2, 0) is 93.9 Å². The summed E-state index contributed by atoms with van der Waals surface area (Å²) < 4.78 is 332. The van der Waals surface area contributed by atoms with Crippen LogP contribution in [0.25, 0.3) is 44.5 Å². The molecule has 13 rings (SSSR count). The lowest BCUT2D eigenvalue weighted by atomic mass is 9.86. The van der Waals surface area contributed by atoms with Crippen LogP contribution in [0.3, 0.4) is 0 Å². The van der Waals surface area contributed by atoms with Gasteiger partial charge in [-0.05, 0) is 231 Å². The fraction of sp³-hybridized carbons (Fsp3) is 0.316. The molecule has 13 nitrogen and oxygen atoms in total. The second-order valence-corrected chi connectivity index (χ2v) is 31.9. The van der Waals surface area contributed by atoms with Crippen molar-refractivity contribution in [3.63, 3.8) is 0 Å². The predicted molar refractivity (Wildman–Crippen MR) is 439 cm³/mol. The van der Waals surface area contributed by atoms with Crippen LogP contribution in [0.2, 0.25) is 0 Å². The molecule has 3 aliphatic heterocycles. The molecule has 36 heteroatoms. The summed E-state index contributed by atoms with van der Waals surface area (Å²) in [6, 6.07) is 34.2. The number of hydrogen-bond acceptors (Lipinski definition) is 11. The number of oxime groups is 3. The summed E-state index contributed by atoms with van der Waals surface area (Å²) in [6.07, 6.45) is -32.5. The fourth-order valence-corrected chi connectivity index (χ4v) is 15.2. The van der Waals surface area contributed by atoms with E-state index in [1.165, 1.54) is 57.7 Å². The Hall–Kier alpha value is -12.7. The Morgan fingerprint density at radius 1 is 0.420 bits per heavy atom. The number of methoxy groups -OCH3 is 3. The second kappa shape index (κ2) is 38.4. The lowest BCUT2D eigenvalue weighted by Crippen LogP contribution is -2.17. The van der Waals surface area contributed by atoms with E-state index in [-0.39, 0.29) is 107 Å². The van der Waals surface area contributed by atoms with Gasteiger partial charge in [0.25, 0.3) is 11.8 Å². The van der Waals surface area contributed by atoms with Gasteiger partial charge in [-0.1, -0.05) is 84.3 Å². The normalized spacial score (nSPS) is 16.1. The van der Waals surface area contributed by atoms with Crippen LogP contribution in [0.4, 0.5) is 101 Å². The maximum absolute atomic E-state index is 14.7. The molecule has 0 amide bonds. The number of alkyl halides is 22. The molecular weight excluding hydrogens is 1780 g/mol. The SMILES string of the molecule is COc1cc(F)c(C(C)C)cc1-c1ccc(C(F)(F)F)cc1CC1=NO[C@H](c2cc(C(C)(F)F)cc(C(F)(F)F)c2)C1.COc1ccc(-c2ccc(C(=O)O)cc2C)cc1-c1ccc(C(F)(F)F)cc1CC1=NO[C@H](c2cc(C)cc(C(F)(F)F)c2)[C@@H]1C.COc1ccc(CCC(=O)O)cc1-c1ccc(C(F)(F)F)cc1CC1=NO[C@H](c2cc(C(C)(F)F)cc(C(F)(F)F)c2)C1. The number of halogens is 23. The second-order valence-electron chi connectivity index (χ2n) is 31.9. The van der Waals surface area contributed by atoms with Crippen LogP contribution in [-0.4, -0.2) is 60.6 Å². The van der Waals surface area contributed by atoms with Gasteiger partial charge < -0.3 is 38.9 Å². The van der Waals surface area contributed by atoms with E-state index in [2.05, 4.69) is 15.5 Å². The number of benzene rings is 10.